The highest BCUT2D eigenvalue weighted by atomic mass is 32.2. The maximum absolute atomic E-state index is 12.1. The molecule has 24 heavy (non-hydrogen) atoms. The molecule has 1 aromatic carbocycles. The van der Waals surface area contributed by atoms with E-state index in [-0.39, 0.29) is 5.75 Å². The molecule has 1 aromatic heterocycles. The van der Waals surface area contributed by atoms with Gasteiger partial charge in [-0.25, -0.2) is 12.7 Å². The lowest BCUT2D eigenvalue weighted by atomic mass is 9.94. The molecule has 6 nitrogen and oxygen atoms in total. The van der Waals surface area contributed by atoms with Crippen LogP contribution in [0.5, 0.6) is 0 Å². The second kappa shape index (κ2) is 7.44. The summed E-state index contributed by atoms with van der Waals surface area (Å²) in [6.07, 6.45) is 5.00. The molecule has 0 amide bonds. The van der Waals surface area contributed by atoms with E-state index in [1.165, 1.54) is 0 Å². The Hall–Kier alpha value is -1.73. The van der Waals surface area contributed by atoms with Gasteiger partial charge in [-0.3, -0.25) is 4.57 Å². The number of rotatable bonds is 6. The highest BCUT2D eigenvalue weighted by Crippen LogP contribution is 2.24. The van der Waals surface area contributed by atoms with Crippen LogP contribution in [-0.2, 0) is 16.4 Å². The minimum absolute atomic E-state index is 0.250. The Morgan fingerprint density at radius 2 is 1.88 bits per heavy atom. The largest absolute Gasteiger partial charge is 0.286 e. The van der Waals surface area contributed by atoms with Crippen molar-refractivity contribution in [2.75, 3.05) is 18.8 Å². The molecule has 0 aliphatic carbocycles. The quantitative estimate of drug-likeness (QED) is 0.803. The summed E-state index contributed by atoms with van der Waals surface area (Å²) < 4.78 is 28.0. The molecule has 1 aliphatic heterocycles. The maximum Gasteiger partial charge on any atom is 0.214 e. The number of sulfonamides is 1. The molecule has 0 N–H and O–H groups in total. The molecular formula is C17H24N4O2S. The fraction of sp³-hybridized carbons (Fsp3) is 0.529. The van der Waals surface area contributed by atoms with E-state index in [2.05, 4.69) is 10.2 Å². The predicted octanol–water partition coefficient (Wildman–Crippen LogP) is 2.26. The molecule has 1 aliphatic rings. The second-order valence-electron chi connectivity index (χ2n) is 6.32. The van der Waals surface area contributed by atoms with Gasteiger partial charge in [0.25, 0.3) is 0 Å². The van der Waals surface area contributed by atoms with E-state index < -0.39 is 10.0 Å². The molecule has 0 saturated carbocycles. The minimum Gasteiger partial charge on any atom is -0.286 e. The van der Waals surface area contributed by atoms with Gasteiger partial charge in [0.1, 0.15) is 12.2 Å². The molecule has 2 aromatic rings. The Kier molecular flexibility index (Phi) is 5.30. The van der Waals surface area contributed by atoms with Crippen molar-refractivity contribution in [2.24, 2.45) is 5.92 Å². The van der Waals surface area contributed by atoms with Crippen LogP contribution in [0.3, 0.4) is 0 Å². The van der Waals surface area contributed by atoms with Crippen LogP contribution in [0.25, 0.3) is 5.69 Å². The summed E-state index contributed by atoms with van der Waals surface area (Å²) >= 11 is 0. The monoisotopic (exact) mass is 348 g/mol. The topological polar surface area (TPSA) is 68.1 Å². The maximum atomic E-state index is 12.1. The standard InChI is InChI=1S/C17H24N4O2S/c1-2-12-24(22,23)20-10-8-15(9-11-20)13-17-19-18-14-21(17)16-6-4-3-5-7-16/h3-7,14-15H,2,8-13H2,1H3. The fourth-order valence-electron chi connectivity index (χ4n) is 3.24. The lowest BCUT2D eigenvalue weighted by molar-refractivity contribution is 0.270. The van der Waals surface area contributed by atoms with Crippen LogP contribution in [0.15, 0.2) is 36.7 Å². The van der Waals surface area contributed by atoms with Crippen molar-refractivity contribution in [3.05, 3.63) is 42.5 Å². The van der Waals surface area contributed by atoms with E-state index in [1.807, 2.05) is 41.8 Å². The first-order valence-corrected chi connectivity index (χ1v) is 10.1. The number of hydrogen-bond donors (Lipinski definition) is 0. The Labute approximate surface area is 143 Å². The van der Waals surface area contributed by atoms with Gasteiger partial charge in [0.2, 0.25) is 10.0 Å². The third kappa shape index (κ3) is 3.84. The summed E-state index contributed by atoms with van der Waals surface area (Å²) in [4.78, 5) is 0. The van der Waals surface area contributed by atoms with Crippen LogP contribution in [-0.4, -0.2) is 46.3 Å². The average Bonchev–Trinajstić information content (AvgIpc) is 3.04. The van der Waals surface area contributed by atoms with Gasteiger partial charge in [0, 0.05) is 25.2 Å². The van der Waals surface area contributed by atoms with Crippen LogP contribution in [0, 0.1) is 5.92 Å². The van der Waals surface area contributed by atoms with Gasteiger partial charge in [0.05, 0.1) is 5.75 Å². The van der Waals surface area contributed by atoms with Crippen LogP contribution >= 0.6 is 0 Å². The number of aromatic nitrogens is 3. The number of piperidine rings is 1. The minimum atomic E-state index is -3.07. The van der Waals surface area contributed by atoms with Gasteiger partial charge in [-0.2, -0.15) is 0 Å². The summed E-state index contributed by atoms with van der Waals surface area (Å²) in [5.41, 5.74) is 1.06. The van der Waals surface area contributed by atoms with Gasteiger partial charge >= 0.3 is 0 Å². The summed E-state index contributed by atoms with van der Waals surface area (Å²) in [5.74, 6) is 1.64. The predicted molar refractivity (Wildman–Crippen MR) is 93.4 cm³/mol. The zero-order valence-electron chi connectivity index (χ0n) is 14.0. The lowest BCUT2D eigenvalue weighted by Gasteiger charge is -2.31. The van der Waals surface area contributed by atoms with E-state index in [0.29, 0.717) is 25.4 Å². The van der Waals surface area contributed by atoms with Crippen LogP contribution in [0.1, 0.15) is 32.0 Å². The van der Waals surface area contributed by atoms with Gasteiger partial charge in [-0.1, -0.05) is 25.1 Å². The molecular weight excluding hydrogens is 324 g/mol. The average molecular weight is 348 g/mol. The smallest absolute Gasteiger partial charge is 0.214 e. The van der Waals surface area contributed by atoms with E-state index in [0.717, 1.165) is 30.8 Å². The SMILES string of the molecule is CCCS(=O)(=O)N1CCC(Cc2nncn2-c2ccccc2)CC1. The zero-order valence-corrected chi connectivity index (χ0v) is 14.8. The zero-order chi connectivity index (χ0) is 17.0. The molecule has 130 valence electrons. The summed E-state index contributed by atoms with van der Waals surface area (Å²) in [5, 5.41) is 8.31. The van der Waals surface area contributed by atoms with E-state index in [4.69, 9.17) is 0 Å². The third-order valence-corrected chi connectivity index (χ3v) is 6.63. The van der Waals surface area contributed by atoms with Crippen molar-refractivity contribution in [1.29, 1.82) is 0 Å². The summed E-state index contributed by atoms with van der Waals surface area (Å²) in [6, 6.07) is 10.0. The Morgan fingerprint density at radius 3 is 2.54 bits per heavy atom. The number of hydrogen-bond acceptors (Lipinski definition) is 4. The summed E-state index contributed by atoms with van der Waals surface area (Å²) in [6.45, 7) is 3.14. The normalized spacial score (nSPS) is 17.2. The number of para-hydroxylation sites is 1. The van der Waals surface area contributed by atoms with Crippen molar-refractivity contribution in [3.8, 4) is 5.69 Å². The van der Waals surface area contributed by atoms with Gasteiger partial charge in [-0.05, 0) is 37.3 Å². The van der Waals surface area contributed by atoms with Crippen molar-refractivity contribution in [3.63, 3.8) is 0 Å². The molecule has 7 heteroatoms. The lowest BCUT2D eigenvalue weighted by Crippen LogP contribution is -2.40. The Bertz CT molecular complexity index is 750. The highest BCUT2D eigenvalue weighted by molar-refractivity contribution is 7.89. The van der Waals surface area contributed by atoms with Crippen LogP contribution < -0.4 is 0 Å². The molecule has 0 radical (unpaired) electrons. The molecule has 0 bridgehead atoms. The van der Waals surface area contributed by atoms with Crippen molar-refractivity contribution in [2.45, 2.75) is 32.6 Å². The number of nitrogens with zero attached hydrogens (tertiary/aromatic N) is 4. The Balaban J connectivity index is 1.63. The molecule has 0 unspecified atom stereocenters. The van der Waals surface area contributed by atoms with Crippen molar-refractivity contribution in [1.82, 2.24) is 19.1 Å². The van der Waals surface area contributed by atoms with Crippen molar-refractivity contribution >= 4 is 10.0 Å². The molecule has 3 rings (SSSR count). The van der Waals surface area contributed by atoms with E-state index in [1.54, 1.807) is 10.6 Å². The van der Waals surface area contributed by atoms with Crippen LogP contribution in [0.2, 0.25) is 0 Å². The van der Waals surface area contributed by atoms with Crippen LogP contribution in [0.4, 0.5) is 0 Å². The first kappa shape index (κ1) is 17.1. The second-order valence-corrected chi connectivity index (χ2v) is 8.40. The Morgan fingerprint density at radius 1 is 1.17 bits per heavy atom. The summed E-state index contributed by atoms with van der Waals surface area (Å²) in [7, 11) is -3.07. The first-order chi connectivity index (χ1) is 11.6. The molecule has 0 atom stereocenters. The molecule has 0 spiro atoms. The first-order valence-electron chi connectivity index (χ1n) is 8.52. The van der Waals surface area contributed by atoms with Crippen molar-refractivity contribution < 1.29 is 8.42 Å². The fourth-order valence-corrected chi connectivity index (χ4v) is 4.78. The third-order valence-electron chi connectivity index (χ3n) is 4.55. The molecule has 1 fully saturated rings. The number of benzene rings is 1. The highest BCUT2D eigenvalue weighted by Gasteiger charge is 2.28. The van der Waals surface area contributed by atoms with E-state index in [9.17, 15) is 8.42 Å². The van der Waals surface area contributed by atoms with Gasteiger partial charge < -0.3 is 0 Å². The van der Waals surface area contributed by atoms with Gasteiger partial charge in [-0.15, -0.1) is 10.2 Å². The molecule has 1 saturated heterocycles. The molecule has 2 heterocycles. The van der Waals surface area contributed by atoms with E-state index >= 15 is 0 Å². The van der Waals surface area contributed by atoms with Gasteiger partial charge in [0.15, 0.2) is 0 Å².